The van der Waals surface area contributed by atoms with Crippen molar-refractivity contribution in [2.24, 2.45) is 0 Å². The molecular weight excluding hydrogens is 517 g/mol. The topological polar surface area (TPSA) is 17.8 Å². The Morgan fingerprint density at radius 1 is 1.29 bits per heavy atom. The average molecular weight is 524 g/mol. The van der Waals surface area contributed by atoms with Crippen LogP contribution in [0, 0.1) is 21.1 Å². The fourth-order valence-electron chi connectivity index (χ4n) is 1.53. The molecule has 2 nitrogen and oxygen atoms in total. The molecule has 74 valence electrons. The molecule has 0 N–H and O–H groups in total. The first-order chi connectivity index (χ1) is 6.52. The molecule has 2 heterocycles. The Kier molecular flexibility index (Phi) is 3.28. The summed E-state index contributed by atoms with van der Waals surface area (Å²) in [6.45, 7) is 4.11. The van der Waals surface area contributed by atoms with Crippen LogP contribution in [0.5, 0.6) is 0 Å². The summed E-state index contributed by atoms with van der Waals surface area (Å²) in [6.07, 6.45) is 0. The van der Waals surface area contributed by atoms with Crippen molar-refractivity contribution < 1.29 is 0 Å². The van der Waals surface area contributed by atoms with Gasteiger partial charge in [0, 0.05) is 16.8 Å². The van der Waals surface area contributed by atoms with Crippen LogP contribution in [0.1, 0.15) is 11.4 Å². The van der Waals surface area contributed by atoms with Crippen LogP contribution in [0.15, 0.2) is 6.07 Å². The number of aromatic nitrogens is 2. The molecule has 0 aliphatic carbocycles. The van der Waals surface area contributed by atoms with E-state index < -0.39 is 0 Å². The molecule has 0 saturated carbocycles. The number of aryl methyl sites for hydroxylation is 2. The molecule has 0 radical (unpaired) electrons. The molecule has 0 saturated heterocycles. The van der Waals surface area contributed by atoms with Crippen molar-refractivity contribution in [2.75, 3.05) is 0 Å². The molecule has 0 aliphatic heterocycles. The summed E-state index contributed by atoms with van der Waals surface area (Å²) in [6, 6.07) is 2.14. The van der Waals surface area contributed by atoms with Gasteiger partial charge in [-0.2, -0.15) is 0 Å². The fraction of sp³-hybridized carbons (Fsp3) is 0.222. The van der Waals surface area contributed by atoms with Gasteiger partial charge in [-0.05, 0) is 65.1 Å². The highest BCUT2D eigenvalue weighted by Gasteiger charge is 2.14. The number of nitrogens with zero attached hydrogens (tertiary/aromatic N) is 2. The molecule has 2 aromatic heterocycles. The van der Waals surface area contributed by atoms with E-state index in [0.717, 1.165) is 11.4 Å². The largest absolute Gasteiger partial charge is 0.275 e. The van der Waals surface area contributed by atoms with Crippen molar-refractivity contribution in [1.82, 2.24) is 7.76 Å². The molecule has 0 bridgehead atoms. The number of halogens is 3. The lowest BCUT2D eigenvalue weighted by Crippen LogP contribution is -1.88. The van der Waals surface area contributed by atoms with E-state index in [0.29, 0.717) is 0 Å². The van der Waals surface area contributed by atoms with E-state index in [9.17, 15) is 0 Å². The van der Waals surface area contributed by atoms with Gasteiger partial charge in [0.15, 0.2) is 0 Å². The predicted octanol–water partition coefficient (Wildman–Crippen LogP) is 4.06. The van der Waals surface area contributed by atoms with E-state index >= 15 is 0 Å². The Hall–Kier alpha value is 0.880. The molecule has 0 amide bonds. The smallest absolute Gasteiger partial charge is 0.104 e. The average Bonchev–Trinajstić information content (AvgIpc) is 2.31. The summed E-state index contributed by atoms with van der Waals surface area (Å²) in [7, 11) is 0. The Morgan fingerprint density at radius 3 is 2.57 bits per heavy atom. The van der Waals surface area contributed by atoms with Gasteiger partial charge in [0.1, 0.15) is 3.70 Å². The molecule has 2 rings (SSSR count). The van der Waals surface area contributed by atoms with Gasteiger partial charge in [-0.25, -0.2) is 0 Å². The van der Waals surface area contributed by atoms with Gasteiger partial charge in [0.05, 0.1) is 32.0 Å². The van der Waals surface area contributed by atoms with Crippen LogP contribution in [0.4, 0.5) is 0 Å². The summed E-state index contributed by atoms with van der Waals surface area (Å²) < 4.78 is 4.77. The fourth-order valence-corrected chi connectivity index (χ4v) is 4.05. The lowest BCUT2D eigenvalue weighted by molar-refractivity contribution is 1.15. The normalized spacial score (nSPS) is 11.2. The second-order valence-electron chi connectivity index (χ2n) is 3.13. The van der Waals surface area contributed by atoms with Crippen molar-refractivity contribution in [3.63, 3.8) is 0 Å². The van der Waals surface area contributed by atoms with E-state index in [4.69, 9.17) is 0 Å². The molecule has 0 unspecified atom stereocenters. The summed E-state index contributed by atoms with van der Waals surface area (Å²) in [4.78, 5) is 4.49. The highest BCUT2D eigenvalue weighted by Crippen LogP contribution is 2.32. The van der Waals surface area contributed by atoms with E-state index in [1.54, 1.807) is 0 Å². The number of fused-ring (bicyclic) bond motifs is 1. The first-order valence-electron chi connectivity index (χ1n) is 4.02. The SMILES string of the molecule is Cc1cc2c(c(C)n1)c(I)c(I)n2I. The molecule has 0 fully saturated rings. The lowest BCUT2D eigenvalue weighted by atomic mass is 10.2. The second-order valence-corrected chi connectivity index (χ2v) is 6.19. The molecule has 0 aliphatic rings. The molecule has 0 atom stereocenters. The van der Waals surface area contributed by atoms with Crippen LogP contribution in [-0.4, -0.2) is 7.76 Å². The van der Waals surface area contributed by atoms with Crippen LogP contribution in [0.3, 0.4) is 0 Å². The molecule has 0 spiro atoms. The first kappa shape index (κ1) is 11.4. The third-order valence-electron chi connectivity index (χ3n) is 2.09. The van der Waals surface area contributed by atoms with Gasteiger partial charge < -0.3 is 0 Å². The maximum Gasteiger partial charge on any atom is 0.104 e. The van der Waals surface area contributed by atoms with Crippen molar-refractivity contribution in [3.8, 4) is 0 Å². The standard InChI is InChI=1S/C9H7I3N2/c1-4-3-6-7(5(2)13-4)8(10)9(11)14(6)12/h3H,1-2H3. The zero-order valence-electron chi connectivity index (χ0n) is 7.61. The van der Waals surface area contributed by atoms with Gasteiger partial charge in [0.25, 0.3) is 0 Å². The number of hydrogen-bond donors (Lipinski definition) is 0. The molecular formula is C9H7I3N2. The lowest BCUT2D eigenvalue weighted by Gasteiger charge is -1.99. The van der Waals surface area contributed by atoms with Crippen LogP contribution in [0.2, 0.25) is 0 Å². The third kappa shape index (κ3) is 1.68. The Balaban J connectivity index is 3.02. The number of rotatable bonds is 0. The van der Waals surface area contributed by atoms with Crippen LogP contribution >= 0.6 is 68.0 Å². The Morgan fingerprint density at radius 2 is 1.93 bits per heavy atom. The number of pyridine rings is 1. The number of hydrogen-bond acceptors (Lipinski definition) is 1. The van der Waals surface area contributed by atoms with Crippen molar-refractivity contribution in [1.29, 1.82) is 0 Å². The quantitative estimate of drug-likeness (QED) is 0.476. The Labute approximate surface area is 124 Å². The minimum Gasteiger partial charge on any atom is -0.275 e. The van der Waals surface area contributed by atoms with Gasteiger partial charge >= 0.3 is 0 Å². The van der Waals surface area contributed by atoms with Gasteiger partial charge in [0.2, 0.25) is 0 Å². The second kappa shape index (κ2) is 4.04. The van der Waals surface area contributed by atoms with Crippen LogP contribution < -0.4 is 0 Å². The van der Waals surface area contributed by atoms with E-state index in [1.807, 2.05) is 6.92 Å². The molecule has 0 aromatic carbocycles. The van der Waals surface area contributed by atoms with Crippen LogP contribution in [-0.2, 0) is 0 Å². The summed E-state index contributed by atoms with van der Waals surface area (Å²) in [5.74, 6) is 0. The maximum atomic E-state index is 4.49. The van der Waals surface area contributed by atoms with E-state index in [1.165, 1.54) is 18.2 Å². The first-order valence-corrected chi connectivity index (χ1v) is 7.14. The maximum absolute atomic E-state index is 4.49. The summed E-state index contributed by atoms with van der Waals surface area (Å²) >= 11 is 7.09. The van der Waals surface area contributed by atoms with Crippen LogP contribution in [0.25, 0.3) is 10.9 Å². The Bertz CT molecular complexity index is 516. The highest BCUT2D eigenvalue weighted by atomic mass is 127. The zero-order chi connectivity index (χ0) is 10.5. The van der Waals surface area contributed by atoms with Gasteiger partial charge in [-0.3, -0.25) is 7.76 Å². The molecule has 5 heteroatoms. The molecule has 2 aromatic rings. The van der Waals surface area contributed by atoms with E-state index in [2.05, 4.69) is 88.8 Å². The predicted molar refractivity (Wildman–Crippen MR) is 84.1 cm³/mol. The minimum atomic E-state index is 1.08. The molecule has 14 heavy (non-hydrogen) atoms. The zero-order valence-corrected chi connectivity index (χ0v) is 14.1. The highest BCUT2D eigenvalue weighted by molar-refractivity contribution is 14.1. The van der Waals surface area contributed by atoms with Crippen molar-refractivity contribution in [2.45, 2.75) is 13.8 Å². The van der Waals surface area contributed by atoms with Gasteiger partial charge in [-0.15, -0.1) is 0 Å². The summed E-state index contributed by atoms with van der Waals surface area (Å²) in [5, 5.41) is 1.29. The monoisotopic (exact) mass is 524 g/mol. The van der Waals surface area contributed by atoms with Gasteiger partial charge in [-0.1, -0.05) is 0 Å². The van der Waals surface area contributed by atoms with Crippen molar-refractivity contribution in [3.05, 3.63) is 24.7 Å². The summed E-state index contributed by atoms with van der Waals surface area (Å²) in [5.41, 5.74) is 3.47. The minimum absolute atomic E-state index is 1.08. The third-order valence-corrected chi connectivity index (χ3v) is 7.12. The van der Waals surface area contributed by atoms with Crippen molar-refractivity contribution >= 4 is 78.9 Å². The van der Waals surface area contributed by atoms with E-state index in [-0.39, 0.29) is 0 Å².